The first-order valence-electron chi connectivity index (χ1n) is 5.54. The van der Waals surface area contributed by atoms with E-state index in [9.17, 15) is 4.79 Å². The topological polar surface area (TPSA) is 26.3 Å². The van der Waals surface area contributed by atoms with Gasteiger partial charge in [0, 0.05) is 5.41 Å². The van der Waals surface area contributed by atoms with Crippen LogP contribution in [0.2, 0.25) is 5.82 Å². The van der Waals surface area contributed by atoms with Crippen molar-refractivity contribution in [3.63, 3.8) is 0 Å². The lowest BCUT2D eigenvalue weighted by atomic mass is 9.82. The Morgan fingerprint density at radius 3 is 2.27 bits per heavy atom. The number of ether oxygens (including phenoxy) is 1. The molecule has 1 unspecified atom stereocenters. The molecular formula is C12H23BO2. The minimum absolute atomic E-state index is 0.200. The first kappa shape index (κ1) is 14.7. The van der Waals surface area contributed by atoms with E-state index in [1.807, 2.05) is 34.6 Å². The fourth-order valence-electron chi connectivity index (χ4n) is 1.06. The van der Waals surface area contributed by atoms with Crippen molar-refractivity contribution in [2.45, 2.75) is 58.9 Å². The van der Waals surface area contributed by atoms with Crippen LogP contribution in [0.15, 0.2) is 0 Å². The molecule has 0 fully saturated rings. The van der Waals surface area contributed by atoms with Crippen LogP contribution in [0.1, 0.15) is 47.5 Å². The highest BCUT2D eigenvalue weighted by atomic mass is 16.5. The molecule has 3 heteroatoms. The summed E-state index contributed by atoms with van der Waals surface area (Å²) in [5.74, 6) is 0.201. The monoisotopic (exact) mass is 210 g/mol. The van der Waals surface area contributed by atoms with Gasteiger partial charge < -0.3 is 9.53 Å². The van der Waals surface area contributed by atoms with Crippen molar-refractivity contribution in [3.8, 4) is 0 Å². The third kappa shape index (κ3) is 7.60. The summed E-state index contributed by atoms with van der Waals surface area (Å²) in [6.45, 7) is 10.3. The maximum absolute atomic E-state index is 10.7. The molecule has 0 N–H and O–H groups in total. The van der Waals surface area contributed by atoms with Crippen molar-refractivity contribution in [3.05, 3.63) is 0 Å². The third-order valence-corrected chi connectivity index (χ3v) is 2.36. The molecule has 0 saturated carbocycles. The van der Waals surface area contributed by atoms with Crippen molar-refractivity contribution in [2.75, 3.05) is 6.61 Å². The predicted octanol–water partition coefficient (Wildman–Crippen LogP) is 2.76. The Balaban J connectivity index is 3.98. The van der Waals surface area contributed by atoms with Crippen LogP contribution in [0, 0.1) is 5.41 Å². The van der Waals surface area contributed by atoms with E-state index in [1.54, 1.807) is 0 Å². The van der Waals surface area contributed by atoms with Gasteiger partial charge in [-0.3, -0.25) is 0 Å². The summed E-state index contributed by atoms with van der Waals surface area (Å²) < 4.78 is 5.75. The fourth-order valence-corrected chi connectivity index (χ4v) is 1.06. The van der Waals surface area contributed by atoms with Gasteiger partial charge in [0.25, 0.3) is 0 Å². The Morgan fingerprint density at radius 1 is 1.33 bits per heavy atom. The minimum atomic E-state index is -0.397. The molecule has 0 spiro atoms. The van der Waals surface area contributed by atoms with Crippen molar-refractivity contribution < 1.29 is 9.53 Å². The highest BCUT2D eigenvalue weighted by molar-refractivity contribution is 6.11. The quantitative estimate of drug-likeness (QED) is 0.477. The Kier molecular flexibility index (Phi) is 5.57. The van der Waals surface area contributed by atoms with Crippen molar-refractivity contribution in [1.82, 2.24) is 0 Å². The average Bonchev–Trinajstić information content (AvgIpc) is 2.13. The molecular weight excluding hydrogens is 187 g/mol. The van der Waals surface area contributed by atoms with Crippen LogP contribution in [0.5, 0.6) is 0 Å². The Bertz CT molecular complexity index is 198. The second-order valence-corrected chi connectivity index (χ2v) is 5.67. The van der Waals surface area contributed by atoms with Gasteiger partial charge in [-0.1, -0.05) is 33.0 Å². The summed E-state index contributed by atoms with van der Waals surface area (Å²) >= 11 is 0. The molecule has 1 atom stereocenters. The molecule has 0 aliphatic rings. The highest BCUT2D eigenvalue weighted by Crippen LogP contribution is 2.24. The molecule has 0 aromatic carbocycles. The van der Waals surface area contributed by atoms with E-state index in [4.69, 9.17) is 12.6 Å². The largest absolute Gasteiger partial charge is 0.375 e. The summed E-state index contributed by atoms with van der Waals surface area (Å²) in [5.41, 5.74) is -0.598. The average molecular weight is 210 g/mol. The normalized spacial score (nSPS) is 15.0. The Morgan fingerprint density at radius 2 is 1.87 bits per heavy atom. The number of aldehydes is 1. The van der Waals surface area contributed by atoms with Gasteiger partial charge in [-0.25, -0.2) is 0 Å². The SMILES string of the molecule is [B]C(C)CCC(C)(C)OCC(C)(C)C=O. The number of carbonyl (C=O) groups is 1. The molecule has 15 heavy (non-hydrogen) atoms. The van der Waals surface area contributed by atoms with Gasteiger partial charge in [0.2, 0.25) is 0 Å². The lowest BCUT2D eigenvalue weighted by Gasteiger charge is -2.29. The summed E-state index contributed by atoms with van der Waals surface area (Å²) in [4.78, 5) is 10.7. The van der Waals surface area contributed by atoms with Gasteiger partial charge >= 0.3 is 0 Å². The molecule has 0 aliphatic heterocycles. The maximum atomic E-state index is 10.7. The smallest absolute Gasteiger partial charge is 0.127 e. The van der Waals surface area contributed by atoms with Crippen LogP contribution in [-0.2, 0) is 9.53 Å². The molecule has 0 aromatic rings. The molecule has 86 valence electrons. The number of hydrogen-bond acceptors (Lipinski definition) is 2. The van der Waals surface area contributed by atoms with E-state index >= 15 is 0 Å². The first-order chi connectivity index (χ1) is 6.68. The molecule has 0 rings (SSSR count). The maximum Gasteiger partial charge on any atom is 0.127 e. The zero-order chi connectivity index (χ0) is 12.1. The van der Waals surface area contributed by atoms with Crippen LogP contribution in [0.25, 0.3) is 0 Å². The van der Waals surface area contributed by atoms with Gasteiger partial charge in [0.05, 0.1) is 20.1 Å². The zero-order valence-corrected chi connectivity index (χ0v) is 10.7. The number of carbonyl (C=O) groups excluding carboxylic acids is 1. The van der Waals surface area contributed by atoms with Crippen molar-refractivity contribution in [1.29, 1.82) is 0 Å². The molecule has 0 aromatic heterocycles. The van der Waals surface area contributed by atoms with Crippen LogP contribution < -0.4 is 0 Å². The van der Waals surface area contributed by atoms with Gasteiger partial charge in [-0.2, -0.15) is 0 Å². The van der Waals surface area contributed by atoms with E-state index in [-0.39, 0.29) is 11.4 Å². The number of rotatable bonds is 7. The summed E-state index contributed by atoms with van der Waals surface area (Å²) in [5, 5.41) is 0. The summed E-state index contributed by atoms with van der Waals surface area (Å²) in [7, 11) is 5.70. The standard InChI is InChI=1S/C12H23BO2/c1-10(13)6-7-12(4,5)15-9-11(2,3)8-14/h8,10H,6-7,9H2,1-5H3. The van der Waals surface area contributed by atoms with Crippen LogP contribution in [0.3, 0.4) is 0 Å². The van der Waals surface area contributed by atoms with Gasteiger partial charge in [-0.05, 0) is 20.3 Å². The highest BCUT2D eigenvalue weighted by Gasteiger charge is 2.24. The fraction of sp³-hybridized carbons (Fsp3) is 0.917. The Hall–Kier alpha value is -0.305. The molecule has 2 nitrogen and oxygen atoms in total. The van der Waals surface area contributed by atoms with Gasteiger partial charge in [0.15, 0.2) is 0 Å². The molecule has 0 saturated heterocycles. The molecule has 0 bridgehead atoms. The summed E-state index contributed by atoms with van der Waals surface area (Å²) in [6, 6.07) is 0. The van der Waals surface area contributed by atoms with Crippen molar-refractivity contribution in [2.24, 2.45) is 5.41 Å². The first-order valence-corrected chi connectivity index (χ1v) is 5.54. The van der Waals surface area contributed by atoms with Gasteiger partial charge in [-0.15, -0.1) is 0 Å². The second kappa shape index (κ2) is 5.69. The van der Waals surface area contributed by atoms with E-state index in [0.717, 1.165) is 19.1 Å². The number of hydrogen-bond donors (Lipinski definition) is 0. The zero-order valence-electron chi connectivity index (χ0n) is 10.7. The van der Waals surface area contributed by atoms with E-state index in [2.05, 4.69) is 0 Å². The lowest BCUT2D eigenvalue weighted by Crippen LogP contribution is -2.31. The van der Waals surface area contributed by atoms with E-state index < -0.39 is 5.41 Å². The lowest BCUT2D eigenvalue weighted by molar-refractivity contribution is -0.122. The molecule has 0 aliphatic carbocycles. The van der Waals surface area contributed by atoms with Crippen LogP contribution >= 0.6 is 0 Å². The van der Waals surface area contributed by atoms with Gasteiger partial charge in [0.1, 0.15) is 6.29 Å². The predicted molar refractivity (Wildman–Crippen MR) is 64.3 cm³/mol. The second-order valence-electron chi connectivity index (χ2n) is 5.67. The Labute approximate surface area is 95.2 Å². The molecule has 2 radical (unpaired) electrons. The third-order valence-electron chi connectivity index (χ3n) is 2.36. The van der Waals surface area contributed by atoms with E-state index in [0.29, 0.717) is 6.61 Å². The van der Waals surface area contributed by atoms with E-state index in [1.165, 1.54) is 0 Å². The van der Waals surface area contributed by atoms with Crippen molar-refractivity contribution >= 4 is 14.1 Å². The van der Waals surface area contributed by atoms with Crippen LogP contribution in [0.4, 0.5) is 0 Å². The molecule has 0 amide bonds. The molecule has 0 heterocycles. The summed E-state index contributed by atoms with van der Waals surface area (Å²) in [6.07, 6.45) is 2.79. The van der Waals surface area contributed by atoms with Crippen LogP contribution in [-0.4, -0.2) is 26.3 Å². The minimum Gasteiger partial charge on any atom is -0.375 e.